The van der Waals surface area contributed by atoms with E-state index in [1.807, 2.05) is 42.5 Å². The van der Waals surface area contributed by atoms with Crippen molar-refractivity contribution in [3.05, 3.63) is 107 Å². The number of benzene rings is 4. The van der Waals surface area contributed by atoms with Crippen molar-refractivity contribution in [2.24, 2.45) is 0 Å². The first kappa shape index (κ1) is 16.6. The van der Waals surface area contributed by atoms with E-state index < -0.39 is 20.6 Å². The highest BCUT2D eigenvalue weighted by atomic mass is 16.3. The van der Waals surface area contributed by atoms with Crippen LogP contribution in [0.25, 0.3) is 66.0 Å². The number of pyridine rings is 2. The van der Waals surface area contributed by atoms with E-state index in [-0.39, 0.29) is 33.4 Å². The summed E-state index contributed by atoms with van der Waals surface area (Å²) in [6.45, 7) is -1.27. The van der Waals surface area contributed by atoms with Gasteiger partial charge in [-0.05, 0) is 94.9 Å². The first-order valence-electron chi connectivity index (χ1n) is 17.7. The highest BCUT2D eigenvalue weighted by molar-refractivity contribution is 6.16. The molecule has 3 aromatic heterocycles. The molecular weight excluding hydrogens is 488 g/mol. The topological polar surface area (TPSA) is 38.9 Å². The van der Waals surface area contributed by atoms with E-state index in [4.69, 9.17) is 16.8 Å². The second kappa shape index (κ2) is 8.76. The van der Waals surface area contributed by atoms with Crippen LogP contribution in [0.2, 0.25) is 0 Å². The third-order valence-corrected chi connectivity index (χ3v) is 7.64. The lowest BCUT2D eigenvalue weighted by Gasteiger charge is -2.20. The maximum atomic E-state index is 8.47. The van der Waals surface area contributed by atoms with Gasteiger partial charge < -0.3 is 4.42 Å². The minimum Gasteiger partial charge on any atom is -0.453 e. The maximum absolute atomic E-state index is 8.47. The molecule has 3 heteroatoms. The Morgan fingerprint density at radius 1 is 0.675 bits per heavy atom. The molecule has 0 aliphatic carbocycles. The molecule has 40 heavy (non-hydrogen) atoms. The summed E-state index contributed by atoms with van der Waals surface area (Å²) in [6, 6.07) is 23.4. The lowest BCUT2D eigenvalue weighted by atomic mass is 9.85. The van der Waals surface area contributed by atoms with Crippen LogP contribution >= 0.6 is 0 Å². The Balaban J connectivity index is 1.49. The number of furan rings is 1. The van der Waals surface area contributed by atoms with Crippen LogP contribution in [-0.4, -0.2) is 9.97 Å². The van der Waals surface area contributed by atoms with Gasteiger partial charge in [0.2, 0.25) is 0 Å². The number of rotatable bonds is 2. The molecule has 0 amide bonds. The van der Waals surface area contributed by atoms with Gasteiger partial charge in [-0.2, -0.15) is 0 Å². The highest BCUT2D eigenvalue weighted by Gasteiger charge is 2.18. The number of aryl methyl sites for hydroxylation is 3. The van der Waals surface area contributed by atoms with Crippen LogP contribution in [0.5, 0.6) is 0 Å². The molecule has 0 saturated carbocycles. The Bertz CT molecular complexity index is 2450. The summed E-state index contributed by atoms with van der Waals surface area (Å²) in [4.78, 5) is 9.03. The molecular formula is C37H32N2O. The number of nitrogens with zero attached hydrogens (tertiary/aromatic N) is 2. The van der Waals surface area contributed by atoms with E-state index in [1.54, 1.807) is 30.3 Å². The summed E-state index contributed by atoms with van der Waals surface area (Å²) < 4.78 is 80.5. The molecule has 7 rings (SSSR count). The zero-order chi connectivity index (χ0) is 35.3. The molecule has 7 aromatic rings. The van der Waals surface area contributed by atoms with E-state index >= 15 is 0 Å². The van der Waals surface area contributed by atoms with E-state index in [2.05, 4.69) is 30.7 Å². The van der Waals surface area contributed by atoms with Gasteiger partial charge in [0, 0.05) is 45.9 Å². The Morgan fingerprint density at radius 2 is 1.48 bits per heavy atom. The molecule has 0 aliphatic rings. The van der Waals surface area contributed by atoms with Crippen molar-refractivity contribution in [3.8, 4) is 22.4 Å². The lowest BCUT2D eigenvalue weighted by Crippen LogP contribution is -2.10. The fraction of sp³-hybridized carbons (Fsp3) is 0.189. The van der Waals surface area contributed by atoms with Crippen molar-refractivity contribution in [1.29, 1.82) is 0 Å². The van der Waals surface area contributed by atoms with E-state index in [0.29, 0.717) is 33.3 Å². The largest absolute Gasteiger partial charge is 0.453 e. The first-order chi connectivity index (χ1) is 22.8. The number of hydrogen-bond donors (Lipinski definition) is 0. The highest BCUT2D eigenvalue weighted by Crippen LogP contribution is 2.40. The molecule has 0 N–H and O–H groups in total. The minimum absolute atomic E-state index is 0.0401. The van der Waals surface area contributed by atoms with Gasteiger partial charge in [-0.15, -0.1) is 0 Å². The second-order valence-corrected chi connectivity index (χ2v) is 11.3. The van der Waals surface area contributed by atoms with Gasteiger partial charge in [-0.25, -0.2) is 4.98 Å². The van der Waals surface area contributed by atoms with Crippen LogP contribution in [0.15, 0.2) is 89.5 Å². The normalized spacial score (nSPS) is 16.5. The SMILES string of the molecule is [2H]C([2H])([2H])c1ccc2ccc3c4cccc(-c5cc(-c6cc7ccc(C(C)(C)C)cc7cc6C([2H])([2H])[2H])c(C([2H])([2H])[2H])cn5)c4oc3c2n1. The Kier molecular flexibility index (Phi) is 3.63. The summed E-state index contributed by atoms with van der Waals surface area (Å²) in [5.41, 5.74) is 3.56. The van der Waals surface area contributed by atoms with Gasteiger partial charge in [0.25, 0.3) is 0 Å². The van der Waals surface area contributed by atoms with Gasteiger partial charge >= 0.3 is 0 Å². The summed E-state index contributed by atoms with van der Waals surface area (Å²) in [7, 11) is 0. The van der Waals surface area contributed by atoms with E-state index in [1.165, 1.54) is 12.3 Å². The average molecular weight is 530 g/mol. The number of fused-ring (bicyclic) bond motifs is 6. The lowest BCUT2D eigenvalue weighted by molar-refractivity contribution is 0.591. The minimum atomic E-state index is -2.59. The zero-order valence-electron chi connectivity index (χ0n) is 31.4. The second-order valence-electron chi connectivity index (χ2n) is 11.3. The molecule has 0 bridgehead atoms. The summed E-state index contributed by atoms with van der Waals surface area (Å²) in [5.74, 6) is 0. The third kappa shape index (κ3) is 3.88. The molecule has 0 unspecified atom stereocenters. The van der Waals surface area contributed by atoms with Gasteiger partial charge in [0.05, 0.1) is 5.69 Å². The monoisotopic (exact) mass is 529 g/mol. The summed E-state index contributed by atoms with van der Waals surface area (Å²) in [6.07, 6.45) is 1.29. The first-order valence-corrected chi connectivity index (χ1v) is 13.2. The van der Waals surface area contributed by atoms with Crippen LogP contribution in [0, 0.1) is 20.6 Å². The fourth-order valence-corrected chi connectivity index (χ4v) is 5.45. The van der Waals surface area contributed by atoms with Crippen molar-refractivity contribution in [1.82, 2.24) is 9.97 Å². The third-order valence-electron chi connectivity index (χ3n) is 7.64. The van der Waals surface area contributed by atoms with Gasteiger partial charge in [-0.1, -0.05) is 69.3 Å². The van der Waals surface area contributed by atoms with Crippen molar-refractivity contribution in [2.45, 2.75) is 46.7 Å². The average Bonchev–Trinajstić information content (AvgIpc) is 3.41. The number of para-hydroxylation sites is 1. The van der Waals surface area contributed by atoms with Gasteiger partial charge in [0.15, 0.2) is 5.58 Å². The summed E-state index contributed by atoms with van der Waals surface area (Å²) >= 11 is 0. The maximum Gasteiger partial charge on any atom is 0.161 e. The van der Waals surface area contributed by atoms with Crippen LogP contribution < -0.4 is 0 Å². The molecule has 0 atom stereocenters. The summed E-state index contributed by atoms with van der Waals surface area (Å²) in [5, 5.41) is 3.71. The molecule has 196 valence electrons. The molecule has 4 aromatic carbocycles. The molecule has 3 heterocycles. The molecule has 0 fully saturated rings. The molecule has 3 nitrogen and oxygen atoms in total. The number of hydrogen-bond acceptors (Lipinski definition) is 3. The van der Waals surface area contributed by atoms with Crippen molar-refractivity contribution >= 4 is 43.6 Å². The van der Waals surface area contributed by atoms with Crippen molar-refractivity contribution in [2.75, 3.05) is 0 Å². The standard InChI is InChI=1S/C37H32N2O/c1-21-16-26-17-27(37(4,5)6)14-12-25(26)18-31(21)32-19-33(38-20-22(32)2)30-9-7-8-28-29-15-13-24-11-10-23(3)39-34(24)36(29)40-35(28)30/h7-20H,1-6H3/i1D3,2D3,3D3. The van der Waals surface area contributed by atoms with Gasteiger partial charge in [-0.3, -0.25) is 4.98 Å². The van der Waals surface area contributed by atoms with Crippen LogP contribution in [0.1, 0.15) is 55.5 Å². The molecule has 0 radical (unpaired) electrons. The van der Waals surface area contributed by atoms with Crippen molar-refractivity contribution < 1.29 is 16.8 Å². The Labute approximate surface area is 247 Å². The smallest absolute Gasteiger partial charge is 0.161 e. The van der Waals surface area contributed by atoms with E-state index in [0.717, 1.165) is 27.1 Å². The van der Waals surface area contributed by atoms with Crippen LogP contribution in [-0.2, 0) is 5.41 Å². The molecule has 0 spiro atoms. The number of aromatic nitrogens is 2. The quantitative estimate of drug-likeness (QED) is 0.224. The van der Waals surface area contributed by atoms with Gasteiger partial charge in [0.1, 0.15) is 11.1 Å². The molecule has 0 aliphatic heterocycles. The zero-order valence-corrected chi connectivity index (χ0v) is 22.4. The van der Waals surface area contributed by atoms with Crippen LogP contribution in [0.3, 0.4) is 0 Å². The fourth-order valence-electron chi connectivity index (χ4n) is 5.45. The predicted octanol–water partition coefficient (Wildman–Crippen LogP) is 10.2. The Morgan fingerprint density at radius 3 is 2.30 bits per heavy atom. The van der Waals surface area contributed by atoms with E-state index in [9.17, 15) is 0 Å². The van der Waals surface area contributed by atoms with Crippen LogP contribution in [0.4, 0.5) is 0 Å². The predicted molar refractivity (Wildman–Crippen MR) is 168 cm³/mol. The van der Waals surface area contributed by atoms with Crippen molar-refractivity contribution in [3.63, 3.8) is 0 Å². The molecule has 0 saturated heterocycles. The Hall–Kier alpha value is -4.50.